The van der Waals surface area contributed by atoms with Gasteiger partial charge in [-0.15, -0.1) is 0 Å². The zero-order valence-corrected chi connectivity index (χ0v) is 25.7. The number of furan rings is 1. The topological polar surface area (TPSA) is 131 Å². The Morgan fingerprint density at radius 1 is 0.833 bits per heavy atom. The number of esters is 4. The molecule has 0 amide bonds. The molecule has 3 aliphatic carbocycles. The molecule has 2 saturated heterocycles. The molecular formula is C32H42O10. The smallest absolute Gasteiger partial charge is 0.339 e. The molecule has 0 N–H and O–H groups in total. The van der Waals surface area contributed by atoms with E-state index in [9.17, 15) is 19.2 Å². The van der Waals surface area contributed by atoms with Gasteiger partial charge in [-0.1, -0.05) is 34.6 Å². The van der Waals surface area contributed by atoms with Gasteiger partial charge >= 0.3 is 23.9 Å². The third-order valence-corrected chi connectivity index (χ3v) is 12.2. The van der Waals surface area contributed by atoms with E-state index in [1.807, 2.05) is 6.07 Å². The second-order valence-electron chi connectivity index (χ2n) is 14.4. The molecule has 2 aliphatic heterocycles. The first-order valence-electron chi connectivity index (χ1n) is 15.0. The molecule has 6 rings (SSSR count). The highest BCUT2D eigenvalue weighted by atomic mass is 16.7. The van der Waals surface area contributed by atoms with E-state index in [1.54, 1.807) is 12.5 Å². The lowest BCUT2D eigenvalue weighted by atomic mass is 9.34. The van der Waals surface area contributed by atoms with E-state index < -0.39 is 81.7 Å². The van der Waals surface area contributed by atoms with E-state index in [2.05, 4.69) is 34.6 Å². The first-order chi connectivity index (χ1) is 19.5. The minimum atomic E-state index is -0.994. The van der Waals surface area contributed by atoms with Crippen LogP contribution >= 0.6 is 0 Å². The lowest BCUT2D eigenvalue weighted by molar-refractivity contribution is -0.298. The van der Waals surface area contributed by atoms with Gasteiger partial charge in [-0.05, 0) is 37.2 Å². The summed E-state index contributed by atoms with van der Waals surface area (Å²) in [5.41, 5.74) is -2.88. The Morgan fingerprint density at radius 2 is 1.45 bits per heavy atom. The molecule has 11 atom stereocenters. The summed E-state index contributed by atoms with van der Waals surface area (Å²) in [5, 5.41) is 0. The van der Waals surface area contributed by atoms with Gasteiger partial charge in [0.1, 0.15) is 30.0 Å². The SMILES string of the molecule is CC(=O)O[C@H]1C[C@@H](OC(C)=O)C(C)(C)[C@@H]2C[C@H](OC(C)=O)[C@]3(C)[C@@H](CC[C@@]4(C)[C@H](c5ccoc5)OC(=O)[C@H]5O[C@@]534)[C@@]12C. The van der Waals surface area contributed by atoms with Crippen LogP contribution in [0.2, 0.25) is 0 Å². The average Bonchev–Trinajstić information content (AvgIpc) is 3.45. The Bertz CT molecular complexity index is 1320. The Kier molecular flexibility index (Phi) is 6.30. The number of hydrogen-bond acceptors (Lipinski definition) is 10. The molecule has 10 heteroatoms. The van der Waals surface area contributed by atoms with Crippen molar-refractivity contribution in [2.75, 3.05) is 0 Å². The van der Waals surface area contributed by atoms with Crippen molar-refractivity contribution in [3.63, 3.8) is 0 Å². The number of ether oxygens (including phenoxy) is 5. The number of epoxide rings is 1. The van der Waals surface area contributed by atoms with Crippen LogP contribution in [0.4, 0.5) is 0 Å². The van der Waals surface area contributed by atoms with Crippen LogP contribution in [0.5, 0.6) is 0 Å². The number of fused-ring (bicyclic) bond motifs is 3. The summed E-state index contributed by atoms with van der Waals surface area (Å²) in [4.78, 5) is 50.9. The van der Waals surface area contributed by atoms with Crippen LogP contribution in [0.25, 0.3) is 0 Å². The summed E-state index contributed by atoms with van der Waals surface area (Å²) in [5.74, 6) is -2.01. The fourth-order valence-electron chi connectivity index (χ4n) is 10.6. The van der Waals surface area contributed by atoms with E-state index in [0.717, 1.165) is 5.56 Å². The van der Waals surface area contributed by atoms with Crippen LogP contribution in [0.3, 0.4) is 0 Å². The molecule has 0 bridgehead atoms. The highest BCUT2D eigenvalue weighted by molar-refractivity contribution is 5.82. The average molecular weight is 587 g/mol. The van der Waals surface area contributed by atoms with Gasteiger partial charge in [0.25, 0.3) is 0 Å². The summed E-state index contributed by atoms with van der Waals surface area (Å²) in [7, 11) is 0. The van der Waals surface area contributed by atoms with Crippen LogP contribution in [-0.2, 0) is 42.9 Å². The summed E-state index contributed by atoms with van der Waals surface area (Å²) < 4.78 is 36.2. The number of carbonyl (C=O) groups is 4. The molecule has 0 radical (unpaired) electrons. The van der Waals surface area contributed by atoms with E-state index in [1.165, 1.54) is 20.8 Å². The lowest BCUT2D eigenvalue weighted by Gasteiger charge is -2.71. The second-order valence-corrected chi connectivity index (χ2v) is 14.4. The van der Waals surface area contributed by atoms with E-state index >= 15 is 0 Å². The molecule has 42 heavy (non-hydrogen) atoms. The summed E-state index contributed by atoms with van der Waals surface area (Å²) in [6, 6.07) is 1.81. The van der Waals surface area contributed by atoms with Gasteiger partial charge in [-0.3, -0.25) is 14.4 Å². The molecule has 1 aromatic rings. The Hall–Kier alpha value is -2.88. The third-order valence-electron chi connectivity index (χ3n) is 12.2. The number of rotatable bonds is 4. The van der Waals surface area contributed by atoms with E-state index in [-0.39, 0.29) is 11.8 Å². The van der Waals surface area contributed by atoms with Gasteiger partial charge in [-0.2, -0.15) is 0 Å². The summed E-state index contributed by atoms with van der Waals surface area (Å²) in [6.45, 7) is 14.7. The van der Waals surface area contributed by atoms with Crippen molar-refractivity contribution in [1.29, 1.82) is 0 Å². The van der Waals surface area contributed by atoms with Crippen LogP contribution in [0.1, 0.15) is 92.7 Å². The van der Waals surface area contributed by atoms with Crippen molar-refractivity contribution in [1.82, 2.24) is 0 Å². The van der Waals surface area contributed by atoms with Gasteiger partial charge in [0, 0.05) is 54.4 Å². The van der Waals surface area contributed by atoms with E-state index in [0.29, 0.717) is 25.7 Å². The molecule has 5 fully saturated rings. The molecule has 5 aliphatic rings. The summed E-state index contributed by atoms with van der Waals surface area (Å²) in [6.07, 6.45) is 2.16. The van der Waals surface area contributed by atoms with Crippen LogP contribution < -0.4 is 0 Å². The van der Waals surface area contributed by atoms with Gasteiger partial charge in [0.2, 0.25) is 0 Å². The predicted molar refractivity (Wildman–Crippen MR) is 145 cm³/mol. The first kappa shape index (κ1) is 29.2. The van der Waals surface area contributed by atoms with Gasteiger partial charge in [-0.25, -0.2) is 4.79 Å². The molecule has 0 unspecified atom stereocenters. The maximum Gasteiger partial charge on any atom is 0.339 e. The Morgan fingerprint density at radius 3 is 2.05 bits per heavy atom. The molecule has 3 saturated carbocycles. The Balaban J connectivity index is 1.54. The zero-order chi connectivity index (χ0) is 30.6. The quantitative estimate of drug-likeness (QED) is 0.278. The standard InChI is InChI=1S/C32H42O10/c1-16(33)38-22-14-23(39-17(2)34)30(7)20-9-11-29(6)25(19-10-12-37-15-19)41-27(36)26-32(29,42-26)31(20,8)24(40-18(3)35)13-21(30)28(22,4)5/h10,12,15,20-26H,9,11,13-14H2,1-8H3/t20-,21-,22+,23-,24-,25-,26+,29-,30+,31-,32+/m0/s1. The lowest BCUT2D eigenvalue weighted by Crippen LogP contribution is -2.75. The van der Waals surface area contributed by atoms with Crippen molar-refractivity contribution >= 4 is 23.9 Å². The van der Waals surface area contributed by atoms with Crippen molar-refractivity contribution in [3.8, 4) is 0 Å². The first-order valence-corrected chi connectivity index (χ1v) is 15.0. The Labute approximate surface area is 246 Å². The zero-order valence-electron chi connectivity index (χ0n) is 25.7. The molecule has 1 spiro atoms. The minimum Gasteiger partial charge on any atom is -0.472 e. The van der Waals surface area contributed by atoms with Crippen molar-refractivity contribution < 1.29 is 47.3 Å². The maximum atomic E-state index is 13.5. The van der Waals surface area contributed by atoms with E-state index in [4.69, 9.17) is 28.1 Å². The van der Waals surface area contributed by atoms with Crippen LogP contribution in [-0.4, -0.2) is 53.9 Å². The predicted octanol–water partition coefficient (Wildman–Crippen LogP) is 4.69. The molecule has 3 heterocycles. The highest BCUT2D eigenvalue weighted by Crippen LogP contribution is 2.80. The number of hydrogen-bond donors (Lipinski definition) is 0. The fourth-order valence-corrected chi connectivity index (χ4v) is 10.6. The van der Waals surface area contributed by atoms with Crippen molar-refractivity contribution in [2.45, 2.75) is 117 Å². The molecule has 10 nitrogen and oxygen atoms in total. The minimum absolute atomic E-state index is 0.159. The molecule has 230 valence electrons. The largest absolute Gasteiger partial charge is 0.472 e. The number of carbonyl (C=O) groups excluding carboxylic acids is 4. The van der Waals surface area contributed by atoms with Crippen molar-refractivity contribution in [2.24, 2.45) is 33.5 Å². The van der Waals surface area contributed by atoms with Crippen LogP contribution in [0, 0.1) is 33.5 Å². The summed E-state index contributed by atoms with van der Waals surface area (Å²) >= 11 is 0. The maximum absolute atomic E-state index is 13.5. The second kappa shape index (κ2) is 9.07. The van der Waals surface area contributed by atoms with Gasteiger partial charge in [0.15, 0.2) is 6.10 Å². The normalized spacial score (nSPS) is 46.5. The molecule has 0 aromatic carbocycles. The highest BCUT2D eigenvalue weighted by Gasteiger charge is 2.89. The van der Waals surface area contributed by atoms with Crippen molar-refractivity contribution in [3.05, 3.63) is 24.2 Å². The van der Waals surface area contributed by atoms with Gasteiger partial charge in [0.05, 0.1) is 12.5 Å². The number of cyclic esters (lactones) is 1. The fraction of sp³-hybridized carbons (Fsp3) is 0.750. The monoisotopic (exact) mass is 586 g/mol. The van der Waals surface area contributed by atoms with Gasteiger partial charge < -0.3 is 28.1 Å². The third kappa shape index (κ3) is 3.53. The molecule has 1 aromatic heterocycles. The van der Waals surface area contributed by atoms with Crippen LogP contribution in [0.15, 0.2) is 23.0 Å². The molecular weight excluding hydrogens is 544 g/mol.